The number of nitrogens with one attached hydrogen (secondary N) is 1. The molecule has 1 unspecified atom stereocenters. The van der Waals surface area contributed by atoms with E-state index in [1.807, 2.05) is 27.0 Å². The largest absolute Gasteiger partial charge is 0.353 e. The third-order valence-electron chi connectivity index (χ3n) is 3.79. The summed E-state index contributed by atoms with van der Waals surface area (Å²) >= 11 is 1.45. The number of carbonyl (C=O) groups is 1. The molecule has 0 saturated carbocycles. The van der Waals surface area contributed by atoms with Gasteiger partial charge in [0.05, 0.1) is 6.20 Å². The molecule has 7 heteroatoms. The van der Waals surface area contributed by atoms with Crippen molar-refractivity contribution in [3.63, 3.8) is 0 Å². The van der Waals surface area contributed by atoms with Crippen LogP contribution in [-0.2, 0) is 4.79 Å². The topological polar surface area (TPSA) is 81.9 Å². The molecule has 23 heavy (non-hydrogen) atoms. The minimum atomic E-state index is -0.402. The lowest BCUT2D eigenvalue weighted by atomic mass is 9.94. The zero-order valence-electron chi connectivity index (χ0n) is 14.1. The minimum Gasteiger partial charge on any atom is -0.353 e. The van der Waals surface area contributed by atoms with Crippen LogP contribution in [0.15, 0.2) is 11.4 Å². The number of thioether (sulfide) groups is 1. The number of nitriles is 1. The van der Waals surface area contributed by atoms with Gasteiger partial charge in [-0.1, -0.05) is 32.5 Å². The van der Waals surface area contributed by atoms with Gasteiger partial charge in [0.2, 0.25) is 5.91 Å². The second kappa shape index (κ2) is 7.18. The van der Waals surface area contributed by atoms with Crippen molar-refractivity contribution in [2.45, 2.75) is 44.8 Å². The first kappa shape index (κ1) is 17.5. The van der Waals surface area contributed by atoms with Crippen LogP contribution in [0.5, 0.6) is 0 Å². The van der Waals surface area contributed by atoms with Crippen LogP contribution in [-0.4, -0.2) is 41.3 Å². The molecule has 6 nitrogen and oxygen atoms in total. The molecule has 124 valence electrons. The van der Waals surface area contributed by atoms with Crippen molar-refractivity contribution >= 4 is 23.5 Å². The van der Waals surface area contributed by atoms with Gasteiger partial charge in [-0.15, -0.1) is 0 Å². The average molecular weight is 333 g/mol. The molecule has 1 atom stereocenters. The highest BCUT2D eigenvalue weighted by Gasteiger charge is 2.28. The summed E-state index contributed by atoms with van der Waals surface area (Å²) in [5.41, 5.74) is 0.0756. The molecule has 1 aliphatic heterocycles. The normalized spacial score (nSPS) is 18.4. The summed E-state index contributed by atoms with van der Waals surface area (Å²) in [4.78, 5) is 22.9. The molecule has 1 aromatic heterocycles. The maximum Gasteiger partial charge on any atom is 0.225 e. The Morgan fingerprint density at radius 1 is 1.52 bits per heavy atom. The van der Waals surface area contributed by atoms with Crippen molar-refractivity contribution in [1.29, 1.82) is 5.26 Å². The minimum absolute atomic E-state index is 0.0531. The quantitative estimate of drug-likeness (QED) is 0.674. The molecule has 2 rings (SSSR count). The zero-order chi connectivity index (χ0) is 17.0. The van der Waals surface area contributed by atoms with Crippen molar-refractivity contribution in [1.82, 2.24) is 15.3 Å². The summed E-state index contributed by atoms with van der Waals surface area (Å²) in [6, 6.07) is 2.24. The molecule has 0 bridgehead atoms. The molecule has 1 aromatic rings. The predicted molar refractivity (Wildman–Crippen MR) is 91.4 cm³/mol. The summed E-state index contributed by atoms with van der Waals surface area (Å²) in [5, 5.41) is 13.1. The number of nitrogens with zero attached hydrogens (tertiary/aromatic N) is 4. The van der Waals surface area contributed by atoms with E-state index in [2.05, 4.69) is 26.3 Å². The van der Waals surface area contributed by atoms with E-state index in [0.717, 1.165) is 19.4 Å². The number of carbonyl (C=O) groups excluding carboxylic acids is 1. The number of hydrogen-bond acceptors (Lipinski definition) is 6. The molecule has 0 aliphatic carbocycles. The Hall–Kier alpha value is -1.81. The Labute approximate surface area is 141 Å². The van der Waals surface area contributed by atoms with Gasteiger partial charge in [0.15, 0.2) is 11.0 Å². The van der Waals surface area contributed by atoms with Crippen LogP contribution in [0.4, 0.5) is 5.82 Å². The maximum atomic E-state index is 12.2. The Kier molecular flexibility index (Phi) is 5.47. The standard InChI is InChI=1S/C16H23N5OS/c1-16(2,3)14(22)19-12-6-5-7-21(10-12)13-11(8-17)9-18-15(20-13)23-4/h9,12H,5-7,10H2,1-4H3,(H,19,22). The summed E-state index contributed by atoms with van der Waals surface area (Å²) in [6.45, 7) is 7.23. The lowest BCUT2D eigenvalue weighted by molar-refractivity contribution is -0.129. The number of hydrogen-bond donors (Lipinski definition) is 1. The molecular formula is C16H23N5OS. The highest BCUT2D eigenvalue weighted by molar-refractivity contribution is 7.98. The first-order valence-electron chi connectivity index (χ1n) is 7.72. The van der Waals surface area contributed by atoms with Crippen LogP contribution in [0.25, 0.3) is 0 Å². The van der Waals surface area contributed by atoms with Gasteiger partial charge in [-0.2, -0.15) is 5.26 Å². The van der Waals surface area contributed by atoms with Gasteiger partial charge >= 0.3 is 0 Å². The molecule has 1 saturated heterocycles. The van der Waals surface area contributed by atoms with Crippen molar-refractivity contribution in [2.24, 2.45) is 5.41 Å². The van der Waals surface area contributed by atoms with E-state index in [1.54, 1.807) is 6.20 Å². The predicted octanol–water partition coefficient (Wildman–Crippen LogP) is 2.20. The van der Waals surface area contributed by atoms with Gasteiger partial charge < -0.3 is 10.2 Å². The third kappa shape index (κ3) is 4.35. The van der Waals surface area contributed by atoms with Gasteiger partial charge in [0.1, 0.15) is 11.6 Å². The van der Waals surface area contributed by atoms with E-state index < -0.39 is 5.41 Å². The number of aromatic nitrogens is 2. The van der Waals surface area contributed by atoms with Gasteiger partial charge in [0, 0.05) is 24.5 Å². The summed E-state index contributed by atoms with van der Waals surface area (Å²) in [5.74, 6) is 0.721. The van der Waals surface area contributed by atoms with Gasteiger partial charge in [-0.3, -0.25) is 4.79 Å². The first-order valence-corrected chi connectivity index (χ1v) is 8.94. The third-order valence-corrected chi connectivity index (χ3v) is 4.35. The van der Waals surface area contributed by atoms with E-state index in [1.165, 1.54) is 11.8 Å². The van der Waals surface area contributed by atoms with E-state index in [0.29, 0.717) is 23.1 Å². The van der Waals surface area contributed by atoms with E-state index >= 15 is 0 Å². The molecule has 0 spiro atoms. The number of piperidine rings is 1. The number of rotatable bonds is 3. The van der Waals surface area contributed by atoms with E-state index in [9.17, 15) is 10.1 Å². The highest BCUT2D eigenvalue weighted by atomic mass is 32.2. The van der Waals surface area contributed by atoms with Gasteiger partial charge in [-0.05, 0) is 19.1 Å². The van der Waals surface area contributed by atoms with Crippen molar-refractivity contribution in [3.8, 4) is 6.07 Å². The van der Waals surface area contributed by atoms with Gasteiger partial charge in [-0.25, -0.2) is 9.97 Å². The molecule has 1 amide bonds. The highest BCUT2D eigenvalue weighted by Crippen LogP contribution is 2.24. The lowest BCUT2D eigenvalue weighted by Gasteiger charge is -2.35. The lowest BCUT2D eigenvalue weighted by Crippen LogP contribution is -2.50. The second-order valence-corrected chi connectivity index (χ2v) is 7.49. The van der Waals surface area contributed by atoms with Crippen LogP contribution in [0.1, 0.15) is 39.2 Å². The van der Waals surface area contributed by atoms with E-state index in [-0.39, 0.29) is 11.9 Å². The first-order chi connectivity index (χ1) is 10.8. The molecule has 1 aliphatic rings. The molecule has 0 aromatic carbocycles. The fourth-order valence-corrected chi connectivity index (χ4v) is 2.80. The number of anilines is 1. The Bertz CT molecular complexity index is 620. The zero-order valence-corrected chi connectivity index (χ0v) is 14.9. The Morgan fingerprint density at radius 2 is 2.26 bits per heavy atom. The Morgan fingerprint density at radius 3 is 2.87 bits per heavy atom. The van der Waals surface area contributed by atoms with Crippen molar-refractivity contribution < 1.29 is 4.79 Å². The molecule has 2 heterocycles. The van der Waals surface area contributed by atoms with Gasteiger partial charge in [0.25, 0.3) is 0 Å². The molecule has 1 N–H and O–H groups in total. The second-order valence-electron chi connectivity index (χ2n) is 6.71. The van der Waals surface area contributed by atoms with Crippen molar-refractivity contribution in [2.75, 3.05) is 24.2 Å². The van der Waals surface area contributed by atoms with Crippen LogP contribution < -0.4 is 10.2 Å². The van der Waals surface area contributed by atoms with Crippen LogP contribution in [0.2, 0.25) is 0 Å². The van der Waals surface area contributed by atoms with E-state index in [4.69, 9.17) is 0 Å². The smallest absolute Gasteiger partial charge is 0.225 e. The fraction of sp³-hybridized carbons (Fsp3) is 0.625. The van der Waals surface area contributed by atoms with Crippen LogP contribution in [0, 0.1) is 16.7 Å². The summed E-state index contributed by atoms with van der Waals surface area (Å²) in [6.07, 6.45) is 5.39. The SMILES string of the molecule is CSc1ncc(C#N)c(N2CCCC(NC(=O)C(C)(C)C)C2)n1. The molecule has 0 radical (unpaired) electrons. The van der Waals surface area contributed by atoms with Crippen LogP contribution >= 0.6 is 11.8 Å². The summed E-state index contributed by atoms with van der Waals surface area (Å²) in [7, 11) is 0. The monoisotopic (exact) mass is 333 g/mol. The Balaban J connectivity index is 2.15. The molecular weight excluding hydrogens is 310 g/mol. The van der Waals surface area contributed by atoms with Crippen molar-refractivity contribution in [3.05, 3.63) is 11.8 Å². The average Bonchev–Trinajstić information content (AvgIpc) is 2.53. The summed E-state index contributed by atoms with van der Waals surface area (Å²) < 4.78 is 0. The fourth-order valence-electron chi connectivity index (χ4n) is 2.46. The molecule has 1 fully saturated rings. The maximum absolute atomic E-state index is 12.2. The number of amides is 1. The van der Waals surface area contributed by atoms with Crippen LogP contribution in [0.3, 0.4) is 0 Å².